The highest BCUT2D eigenvalue weighted by atomic mass is 16.5. The van der Waals surface area contributed by atoms with Crippen LogP contribution in [-0.4, -0.2) is 12.2 Å². The Morgan fingerprint density at radius 2 is 2.46 bits per heavy atom. The number of fused-ring (bicyclic) bond motifs is 1. The van der Waals surface area contributed by atoms with Crippen LogP contribution in [0.2, 0.25) is 0 Å². The second-order valence-electron chi connectivity index (χ2n) is 3.55. The first-order valence-corrected chi connectivity index (χ1v) is 5.01. The SMILES string of the molecule is CCc1noc2c1C(NC)CCC2. The van der Waals surface area contributed by atoms with Gasteiger partial charge in [0.2, 0.25) is 0 Å². The summed E-state index contributed by atoms with van der Waals surface area (Å²) in [4.78, 5) is 0. The Hall–Kier alpha value is -0.830. The predicted octanol–water partition coefficient (Wildman–Crippen LogP) is 1.83. The van der Waals surface area contributed by atoms with E-state index >= 15 is 0 Å². The van der Waals surface area contributed by atoms with Gasteiger partial charge in [0, 0.05) is 18.0 Å². The average Bonchev–Trinajstić information content (AvgIpc) is 2.60. The first-order valence-electron chi connectivity index (χ1n) is 5.01. The summed E-state index contributed by atoms with van der Waals surface area (Å²) in [6.07, 6.45) is 4.44. The molecule has 0 bridgehead atoms. The molecule has 0 amide bonds. The largest absolute Gasteiger partial charge is 0.361 e. The van der Waals surface area contributed by atoms with E-state index in [1.165, 1.54) is 18.4 Å². The van der Waals surface area contributed by atoms with E-state index in [-0.39, 0.29) is 0 Å². The smallest absolute Gasteiger partial charge is 0.141 e. The lowest BCUT2D eigenvalue weighted by Gasteiger charge is -2.20. The summed E-state index contributed by atoms with van der Waals surface area (Å²) in [6.45, 7) is 2.12. The molecule has 0 spiro atoms. The van der Waals surface area contributed by atoms with Crippen LogP contribution in [0.3, 0.4) is 0 Å². The van der Waals surface area contributed by atoms with Crippen LogP contribution >= 0.6 is 0 Å². The fourth-order valence-electron chi connectivity index (χ4n) is 2.10. The van der Waals surface area contributed by atoms with Gasteiger partial charge in [-0.2, -0.15) is 0 Å². The lowest BCUT2D eigenvalue weighted by Crippen LogP contribution is -2.21. The van der Waals surface area contributed by atoms with Crippen molar-refractivity contribution in [1.82, 2.24) is 10.5 Å². The zero-order chi connectivity index (χ0) is 9.26. The number of aryl methyl sites for hydroxylation is 2. The average molecular weight is 180 g/mol. The van der Waals surface area contributed by atoms with Crippen molar-refractivity contribution < 1.29 is 4.52 Å². The molecule has 1 aromatic heterocycles. The topological polar surface area (TPSA) is 38.1 Å². The molecule has 13 heavy (non-hydrogen) atoms. The minimum Gasteiger partial charge on any atom is -0.361 e. The molecule has 0 saturated heterocycles. The Labute approximate surface area is 78.5 Å². The second-order valence-corrected chi connectivity index (χ2v) is 3.55. The summed E-state index contributed by atoms with van der Waals surface area (Å²) in [5, 5.41) is 7.42. The van der Waals surface area contributed by atoms with Gasteiger partial charge in [-0.1, -0.05) is 12.1 Å². The van der Waals surface area contributed by atoms with Gasteiger partial charge in [0.25, 0.3) is 0 Å². The Bertz CT molecular complexity index is 280. The zero-order valence-corrected chi connectivity index (χ0v) is 8.26. The molecule has 1 unspecified atom stereocenters. The molecular weight excluding hydrogens is 164 g/mol. The maximum Gasteiger partial charge on any atom is 0.141 e. The van der Waals surface area contributed by atoms with Gasteiger partial charge in [0.1, 0.15) is 5.76 Å². The van der Waals surface area contributed by atoms with Crippen molar-refractivity contribution in [1.29, 1.82) is 0 Å². The van der Waals surface area contributed by atoms with Crippen LogP contribution < -0.4 is 5.32 Å². The molecule has 0 radical (unpaired) electrons. The van der Waals surface area contributed by atoms with E-state index in [0.717, 1.165) is 24.3 Å². The molecule has 1 aliphatic rings. The number of rotatable bonds is 2. The lowest BCUT2D eigenvalue weighted by molar-refractivity contribution is 0.357. The fraction of sp³-hybridized carbons (Fsp3) is 0.700. The summed E-state index contributed by atoms with van der Waals surface area (Å²) >= 11 is 0. The Kier molecular flexibility index (Phi) is 2.36. The van der Waals surface area contributed by atoms with Crippen molar-refractivity contribution in [2.45, 2.75) is 38.6 Å². The van der Waals surface area contributed by atoms with Gasteiger partial charge in [-0.15, -0.1) is 0 Å². The van der Waals surface area contributed by atoms with Gasteiger partial charge in [0.15, 0.2) is 0 Å². The van der Waals surface area contributed by atoms with Crippen LogP contribution in [0.5, 0.6) is 0 Å². The molecule has 0 saturated carbocycles. The quantitative estimate of drug-likeness (QED) is 0.754. The third kappa shape index (κ3) is 1.37. The van der Waals surface area contributed by atoms with E-state index in [2.05, 4.69) is 17.4 Å². The van der Waals surface area contributed by atoms with E-state index in [1.54, 1.807) is 0 Å². The molecule has 2 rings (SSSR count). The molecule has 1 aromatic rings. The monoisotopic (exact) mass is 180 g/mol. The highest BCUT2D eigenvalue weighted by molar-refractivity contribution is 5.29. The molecule has 3 heteroatoms. The maximum atomic E-state index is 5.32. The molecule has 0 aliphatic heterocycles. The predicted molar refractivity (Wildman–Crippen MR) is 50.6 cm³/mol. The molecule has 1 atom stereocenters. The van der Waals surface area contributed by atoms with Gasteiger partial charge < -0.3 is 9.84 Å². The molecule has 1 heterocycles. The zero-order valence-electron chi connectivity index (χ0n) is 8.26. The fourth-order valence-corrected chi connectivity index (χ4v) is 2.10. The summed E-state index contributed by atoms with van der Waals surface area (Å²) in [5.41, 5.74) is 2.46. The van der Waals surface area contributed by atoms with Gasteiger partial charge >= 0.3 is 0 Å². The van der Waals surface area contributed by atoms with Crippen LogP contribution in [0.4, 0.5) is 0 Å². The van der Waals surface area contributed by atoms with Crippen molar-refractivity contribution in [3.8, 4) is 0 Å². The number of hydrogen-bond acceptors (Lipinski definition) is 3. The highest BCUT2D eigenvalue weighted by Crippen LogP contribution is 2.32. The van der Waals surface area contributed by atoms with Crippen molar-refractivity contribution in [2.24, 2.45) is 0 Å². The molecule has 0 fully saturated rings. The van der Waals surface area contributed by atoms with Crippen LogP contribution in [0, 0.1) is 0 Å². The Balaban J connectivity index is 2.39. The van der Waals surface area contributed by atoms with Gasteiger partial charge in [-0.3, -0.25) is 0 Å². The summed E-state index contributed by atoms with van der Waals surface area (Å²) in [7, 11) is 2.01. The van der Waals surface area contributed by atoms with Gasteiger partial charge in [0.05, 0.1) is 5.69 Å². The third-order valence-corrected chi connectivity index (χ3v) is 2.81. The second kappa shape index (κ2) is 3.50. The lowest BCUT2D eigenvalue weighted by atomic mass is 9.91. The first-order chi connectivity index (χ1) is 6.36. The number of nitrogens with zero attached hydrogens (tertiary/aromatic N) is 1. The summed E-state index contributed by atoms with van der Waals surface area (Å²) in [5.74, 6) is 1.10. The van der Waals surface area contributed by atoms with Crippen molar-refractivity contribution in [3.63, 3.8) is 0 Å². The molecule has 1 aliphatic carbocycles. The maximum absolute atomic E-state index is 5.32. The number of nitrogens with one attached hydrogen (secondary N) is 1. The van der Waals surface area contributed by atoms with Crippen LogP contribution in [0.1, 0.15) is 42.8 Å². The summed E-state index contributed by atoms with van der Waals surface area (Å²) in [6, 6.07) is 0.463. The normalized spacial score (nSPS) is 21.5. The Morgan fingerprint density at radius 3 is 3.15 bits per heavy atom. The van der Waals surface area contributed by atoms with E-state index in [4.69, 9.17) is 4.52 Å². The Morgan fingerprint density at radius 1 is 1.62 bits per heavy atom. The number of hydrogen-bond donors (Lipinski definition) is 1. The third-order valence-electron chi connectivity index (χ3n) is 2.81. The first kappa shape index (κ1) is 8.75. The molecule has 72 valence electrons. The molecule has 1 N–H and O–H groups in total. The van der Waals surface area contributed by atoms with E-state index in [0.29, 0.717) is 6.04 Å². The van der Waals surface area contributed by atoms with Crippen LogP contribution in [0.15, 0.2) is 4.52 Å². The van der Waals surface area contributed by atoms with Crippen LogP contribution in [-0.2, 0) is 12.8 Å². The van der Waals surface area contributed by atoms with E-state index in [1.807, 2.05) is 7.05 Å². The van der Waals surface area contributed by atoms with Crippen molar-refractivity contribution in [3.05, 3.63) is 17.0 Å². The van der Waals surface area contributed by atoms with E-state index in [9.17, 15) is 0 Å². The minimum atomic E-state index is 0.463. The minimum absolute atomic E-state index is 0.463. The van der Waals surface area contributed by atoms with Crippen molar-refractivity contribution >= 4 is 0 Å². The van der Waals surface area contributed by atoms with Gasteiger partial charge in [-0.25, -0.2) is 0 Å². The summed E-state index contributed by atoms with van der Waals surface area (Å²) < 4.78 is 5.32. The van der Waals surface area contributed by atoms with Gasteiger partial charge in [-0.05, 0) is 26.3 Å². The molecule has 3 nitrogen and oxygen atoms in total. The number of aromatic nitrogens is 1. The van der Waals surface area contributed by atoms with E-state index < -0.39 is 0 Å². The highest BCUT2D eigenvalue weighted by Gasteiger charge is 2.25. The standard InChI is InChI=1S/C10H16N2O/c1-3-7-10-8(11-2)5-4-6-9(10)13-12-7/h8,11H,3-6H2,1-2H3. The molecular formula is C10H16N2O. The van der Waals surface area contributed by atoms with Crippen LogP contribution in [0.25, 0.3) is 0 Å². The van der Waals surface area contributed by atoms with Crippen molar-refractivity contribution in [2.75, 3.05) is 7.05 Å². The molecule has 0 aromatic carbocycles.